The minimum Gasteiger partial charge on any atom is -0.456 e. The van der Waals surface area contributed by atoms with Gasteiger partial charge in [-0.1, -0.05) is 59.6 Å². The Hall–Kier alpha value is -3.67. The lowest BCUT2D eigenvalue weighted by atomic mass is 9.96. The quantitative estimate of drug-likeness (QED) is 0.192. The van der Waals surface area contributed by atoms with Crippen LogP contribution in [0.25, 0.3) is 32.8 Å². The van der Waals surface area contributed by atoms with Crippen molar-refractivity contribution in [1.82, 2.24) is 9.97 Å². The van der Waals surface area contributed by atoms with Crippen LogP contribution < -0.4 is 5.32 Å². The van der Waals surface area contributed by atoms with Crippen molar-refractivity contribution in [3.8, 4) is 11.1 Å². The highest BCUT2D eigenvalue weighted by molar-refractivity contribution is 6.42. The molecule has 4 aromatic carbocycles. The fourth-order valence-corrected chi connectivity index (χ4v) is 4.32. The molecular formula is C29H23Cl2N3O2. The van der Waals surface area contributed by atoms with Crippen molar-refractivity contribution in [3.63, 3.8) is 0 Å². The van der Waals surface area contributed by atoms with Gasteiger partial charge in [0.1, 0.15) is 5.60 Å². The van der Waals surface area contributed by atoms with Gasteiger partial charge < -0.3 is 10.1 Å². The molecule has 7 heteroatoms. The molecule has 0 spiro atoms. The maximum atomic E-state index is 12.5. The Balaban J connectivity index is 1.54. The number of carbonyl (C=O) groups excluding carboxylic acids is 1. The molecule has 0 amide bonds. The molecule has 0 saturated carbocycles. The number of nitrogens with one attached hydrogen (secondary N) is 1. The third-order valence-corrected chi connectivity index (χ3v) is 6.31. The first-order valence-electron chi connectivity index (χ1n) is 11.4. The molecule has 5 nitrogen and oxygen atoms in total. The number of hydrogen-bond acceptors (Lipinski definition) is 5. The summed E-state index contributed by atoms with van der Waals surface area (Å²) >= 11 is 12.4. The fraction of sp³-hybridized carbons (Fsp3) is 0.138. The number of hydrogen-bond donors (Lipinski definition) is 1. The Labute approximate surface area is 219 Å². The van der Waals surface area contributed by atoms with Gasteiger partial charge >= 0.3 is 5.97 Å². The zero-order valence-corrected chi connectivity index (χ0v) is 21.5. The van der Waals surface area contributed by atoms with E-state index in [0.717, 1.165) is 32.8 Å². The van der Waals surface area contributed by atoms with Crippen LogP contribution in [0, 0.1) is 0 Å². The van der Waals surface area contributed by atoms with E-state index in [4.69, 9.17) is 32.9 Å². The maximum Gasteiger partial charge on any atom is 0.338 e. The molecule has 0 aliphatic rings. The lowest BCUT2D eigenvalue weighted by Crippen LogP contribution is -2.23. The van der Waals surface area contributed by atoms with E-state index in [2.05, 4.69) is 22.4 Å². The predicted octanol–water partition coefficient (Wildman–Crippen LogP) is 8.46. The van der Waals surface area contributed by atoms with Gasteiger partial charge in [-0.05, 0) is 73.7 Å². The van der Waals surface area contributed by atoms with E-state index in [0.29, 0.717) is 27.2 Å². The van der Waals surface area contributed by atoms with Crippen LogP contribution in [0.3, 0.4) is 0 Å². The van der Waals surface area contributed by atoms with E-state index in [-0.39, 0.29) is 5.97 Å². The highest BCUT2D eigenvalue weighted by Gasteiger charge is 2.18. The van der Waals surface area contributed by atoms with E-state index in [1.165, 1.54) is 0 Å². The van der Waals surface area contributed by atoms with Crippen molar-refractivity contribution < 1.29 is 9.53 Å². The van der Waals surface area contributed by atoms with Gasteiger partial charge in [-0.3, -0.25) is 0 Å². The minimum absolute atomic E-state index is 0.383. The van der Waals surface area contributed by atoms with Crippen LogP contribution in [-0.4, -0.2) is 21.5 Å². The Morgan fingerprint density at radius 3 is 2.42 bits per heavy atom. The van der Waals surface area contributed by atoms with Gasteiger partial charge in [-0.25, -0.2) is 14.8 Å². The van der Waals surface area contributed by atoms with Gasteiger partial charge in [0.2, 0.25) is 5.95 Å². The number of ether oxygens (including phenoxy) is 1. The standard InChI is InChI=1S/C29H23Cl2N3O2/c1-29(2,3)36-27(35)18-7-6-8-20(13-18)33-28-32-16-19-14-23(17-11-12-24(30)25(31)15-17)21-9-4-5-10-22(21)26(19)34-28/h4-16H,1-3H3,(H,32,33,34). The van der Waals surface area contributed by atoms with E-state index in [1.54, 1.807) is 30.5 Å². The molecule has 0 aliphatic heterocycles. The van der Waals surface area contributed by atoms with Crippen molar-refractivity contribution in [3.05, 3.63) is 94.6 Å². The second-order valence-corrected chi connectivity index (χ2v) is 10.3. The van der Waals surface area contributed by atoms with Crippen molar-refractivity contribution in [2.24, 2.45) is 0 Å². The van der Waals surface area contributed by atoms with Crippen LogP contribution in [-0.2, 0) is 4.74 Å². The minimum atomic E-state index is -0.570. The number of carbonyl (C=O) groups is 1. The molecule has 0 atom stereocenters. The van der Waals surface area contributed by atoms with Crippen molar-refractivity contribution in [1.29, 1.82) is 0 Å². The summed E-state index contributed by atoms with van der Waals surface area (Å²) in [6, 6.07) is 22.9. The smallest absolute Gasteiger partial charge is 0.338 e. The SMILES string of the molecule is CC(C)(C)OC(=O)c1cccc(Nc2ncc3cc(-c4ccc(Cl)c(Cl)c4)c4ccccc4c3n2)c1. The molecule has 0 saturated heterocycles. The Bertz CT molecular complexity index is 1630. The number of aromatic nitrogens is 2. The summed E-state index contributed by atoms with van der Waals surface area (Å²) < 4.78 is 5.48. The van der Waals surface area contributed by atoms with E-state index in [9.17, 15) is 4.79 Å². The monoisotopic (exact) mass is 515 g/mol. The summed E-state index contributed by atoms with van der Waals surface area (Å²) in [5.74, 6) is 0.0442. The molecule has 36 heavy (non-hydrogen) atoms. The van der Waals surface area contributed by atoms with Gasteiger partial charge in [0, 0.05) is 22.7 Å². The Morgan fingerprint density at radius 2 is 1.67 bits per heavy atom. The number of halogens is 2. The van der Waals surface area contributed by atoms with Crippen LogP contribution in [0.15, 0.2) is 79.0 Å². The molecule has 0 fully saturated rings. The number of esters is 1. The molecule has 5 rings (SSSR count). The Morgan fingerprint density at radius 1 is 0.889 bits per heavy atom. The summed E-state index contributed by atoms with van der Waals surface area (Å²) in [5.41, 5.74) is 3.37. The summed E-state index contributed by atoms with van der Waals surface area (Å²) in [7, 11) is 0. The summed E-state index contributed by atoms with van der Waals surface area (Å²) in [6.07, 6.45) is 1.79. The average Bonchev–Trinajstić information content (AvgIpc) is 2.84. The van der Waals surface area contributed by atoms with Gasteiger partial charge in [0.15, 0.2) is 0 Å². The van der Waals surface area contributed by atoms with Crippen molar-refractivity contribution in [2.45, 2.75) is 26.4 Å². The number of nitrogens with zero attached hydrogens (tertiary/aromatic N) is 2. The van der Waals surface area contributed by atoms with Crippen LogP contribution >= 0.6 is 23.2 Å². The average molecular weight is 516 g/mol. The summed E-state index contributed by atoms with van der Waals surface area (Å²) in [5, 5.41) is 7.16. The molecule has 0 radical (unpaired) electrons. The highest BCUT2D eigenvalue weighted by Crippen LogP contribution is 2.36. The zero-order valence-electron chi connectivity index (χ0n) is 20.0. The molecule has 1 aromatic heterocycles. The van der Waals surface area contributed by atoms with Crippen LogP contribution in [0.2, 0.25) is 10.0 Å². The number of rotatable bonds is 4. The van der Waals surface area contributed by atoms with Gasteiger partial charge in [-0.2, -0.15) is 0 Å². The normalized spacial score (nSPS) is 11.6. The van der Waals surface area contributed by atoms with E-state index >= 15 is 0 Å². The lowest BCUT2D eigenvalue weighted by Gasteiger charge is -2.19. The second kappa shape index (κ2) is 9.41. The van der Waals surface area contributed by atoms with E-state index < -0.39 is 5.60 Å². The fourth-order valence-electron chi connectivity index (χ4n) is 4.02. The predicted molar refractivity (Wildman–Crippen MR) is 147 cm³/mol. The van der Waals surface area contributed by atoms with E-state index in [1.807, 2.05) is 57.2 Å². The molecule has 0 aliphatic carbocycles. The number of benzene rings is 4. The Kier molecular flexibility index (Phi) is 6.29. The van der Waals surface area contributed by atoms with Crippen molar-refractivity contribution in [2.75, 3.05) is 5.32 Å². The molecule has 0 bridgehead atoms. The molecule has 1 heterocycles. The molecular weight excluding hydrogens is 493 g/mol. The van der Waals surface area contributed by atoms with Crippen LogP contribution in [0.1, 0.15) is 31.1 Å². The van der Waals surface area contributed by atoms with Gasteiger partial charge in [-0.15, -0.1) is 0 Å². The summed E-state index contributed by atoms with van der Waals surface area (Å²) in [6.45, 7) is 5.52. The molecule has 5 aromatic rings. The molecule has 1 N–H and O–H groups in total. The van der Waals surface area contributed by atoms with Gasteiger partial charge in [0.05, 0.1) is 21.1 Å². The second-order valence-electron chi connectivity index (χ2n) is 9.44. The first-order valence-corrected chi connectivity index (χ1v) is 12.2. The van der Waals surface area contributed by atoms with Gasteiger partial charge in [0.25, 0.3) is 0 Å². The maximum absolute atomic E-state index is 12.5. The third-order valence-electron chi connectivity index (χ3n) is 5.57. The van der Waals surface area contributed by atoms with Crippen LogP contribution in [0.4, 0.5) is 11.6 Å². The van der Waals surface area contributed by atoms with Crippen molar-refractivity contribution >= 4 is 62.5 Å². The number of anilines is 2. The largest absolute Gasteiger partial charge is 0.456 e. The first-order chi connectivity index (χ1) is 17.2. The molecule has 0 unspecified atom stereocenters. The number of fused-ring (bicyclic) bond motifs is 3. The summed E-state index contributed by atoms with van der Waals surface area (Å²) in [4.78, 5) is 21.8. The molecule has 180 valence electrons. The zero-order chi connectivity index (χ0) is 25.4. The highest BCUT2D eigenvalue weighted by atomic mass is 35.5. The topological polar surface area (TPSA) is 64.1 Å². The lowest BCUT2D eigenvalue weighted by molar-refractivity contribution is 0.00695. The first kappa shape index (κ1) is 24.0. The third kappa shape index (κ3) is 4.99. The van der Waals surface area contributed by atoms with Crippen LogP contribution in [0.5, 0.6) is 0 Å².